The lowest BCUT2D eigenvalue weighted by Crippen LogP contribution is -2.38. The van der Waals surface area contributed by atoms with Crippen LogP contribution in [0.15, 0.2) is 35.9 Å². The standard InChI is InChI=1S/C14H13F3N4O/c15-14(16,17)10-5-7-20(8-6-10)13(22)9-21-12-4-2-1-3-11(12)18-19-21/h1-5H,6-9H2. The van der Waals surface area contributed by atoms with E-state index in [2.05, 4.69) is 10.3 Å². The highest BCUT2D eigenvalue weighted by molar-refractivity contribution is 5.80. The maximum absolute atomic E-state index is 12.6. The molecule has 116 valence electrons. The first-order valence-corrected chi connectivity index (χ1v) is 6.77. The molecule has 0 N–H and O–H groups in total. The molecule has 1 amide bonds. The van der Waals surface area contributed by atoms with Crippen LogP contribution in [0.25, 0.3) is 11.0 Å². The maximum Gasteiger partial charge on any atom is 0.412 e. The average molecular weight is 310 g/mol. The molecule has 5 nitrogen and oxygen atoms in total. The number of carbonyl (C=O) groups excluding carboxylic acids is 1. The van der Waals surface area contributed by atoms with E-state index in [0.29, 0.717) is 5.52 Å². The van der Waals surface area contributed by atoms with Crippen LogP contribution in [0.3, 0.4) is 0 Å². The van der Waals surface area contributed by atoms with Crippen molar-refractivity contribution >= 4 is 16.9 Å². The van der Waals surface area contributed by atoms with Crippen LogP contribution >= 0.6 is 0 Å². The van der Waals surface area contributed by atoms with Gasteiger partial charge in [0, 0.05) is 18.7 Å². The first-order chi connectivity index (χ1) is 10.4. The van der Waals surface area contributed by atoms with E-state index in [1.807, 2.05) is 12.1 Å². The van der Waals surface area contributed by atoms with Gasteiger partial charge >= 0.3 is 6.18 Å². The van der Waals surface area contributed by atoms with E-state index in [4.69, 9.17) is 0 Å². The number of nitrogens with zero attached hydrogens (tertiary/aromatic N) is 4. The number of rotatable bonds is 2. The van der Waals surface area contributed by atoms with Gasteiger partial charge < -0.3 is 4.90 Å². The highest BCUT2D eigenvalue weighted by Gasteiger charge is 2.35. The number of fused-ring (bicyclic) bond motifs is 1. The molecule has 0 radical (unpaired) electrons. The lowest BCUT2D eigenvalue weighted by atomic mass is 10.1. The molecule has 2 aromatic rings. The number of hydrogen-bond acceptors (Lipinski definition) is 3. The zero-order valence-electron chi connectivity index (χ0n) is 11.5. The molecule has 1 aromatic carbocycles. The second-order valence-electron chi connectivity index (χ2n) is 5.05. The zero-order chi connectivity index (χ0) is 15.7. The van der Waals surface area contributed by atoms with Gasteiger partial charge in [0.25, 0.3) is 0 Å². The third kappa shape index (κ3) is 2.81. The van der Waals surface area contributed by atoms with E-state index in [9.17, 15) is 18.0 Å². The highest BCUT2D eigenvalue weighted by Crippen LogP contribution is 2.30. The van der Waals surface area contributed by atoms with Gasteiger partial charge in [0.1, 0.15) is 12.1 Å². The number of carbonyl (C=O) groups is 1. The Morgan fingerprint density at radius 1 is 1.27 bits per heavy atom. The van der Waals surface area contributed by atoms with Crippen molar-refractivity contribution in [1.29, 1.82) is 0 Å². The van der Waals surface area contributed by atoms with Gasteiger partial charge in [-0.2, -0.15) is 13.2 Å². The normalized spacial score (nSPS) is 16.0. The molecule has 0 fully saturated rings. The largest absolute Gasteiger partial charge is 0.412 e. The minimum atomic E-state index is -4.31. The van der Waals surface area contributed by atoms with Gasteiger partial charge in [-0.05, 0) is 18.6 Å². The van der Waals surface area contributed by atoms with Crippen molar-refractivity contribution in [3.05, 3.63) is 35.9 Å². The predicted molar refractivity (Wildman–Crippen MR) is 72.9 cm³/mol. The summed E-state index contributed by atoms with van der Waals surface area (Å²) in [6, 6.07) is 7.20. The fourth-order valence-electron chi connectivity index (χ4n) is 2.42. The molecule has 0 unspecified atom stereocenters. The lowest BCUT2D eigenvalue weighted by molar-refractivity contribution is -0.132. The summed E-state index contributed by atoms with van der Waals surface area (Å²) >= 11 is 0. The van der Waals surface area contributed by atoms with E-state index in [1.165, 1.54) is 9.58 Å². The Morgan fingerprint density at radius 2 is 2.05 bits per heavy atom. The van der Waals surface area contributed by atoms with Crippen LogP contribution in [-0.2, 0) is 11.3 Å². The first kappa shape index (κ1) is 14.6. The Labute approximate surface area is 124 Å². The molecule has 22 heavy (non-hydrogen) atoms. The zero-order valence-corrected chi connectivity index (χ0v) is 11.5. The fourth-order valence-corrected chi connectivity index (χ4v) is 2.42. The summed E-state index contributed by atoms with van der Waals surface area (Å²) in [5, 5.41) is 7.85. The highest BCUT2D eigenvalue weighted by atomic mass is 19.4. The Bertz CT molecular complexity index is 735. The van der Waals surface area contributed by atoms with Crippen LogP contribution in [-0.4, -0.2) is 45.1 Å². The maximum atomic E-state index is 12.6. The topological polar surface area (TPSA) is 51.0 Å². The molecule has 0 saturated heterocycles. The van der Waals surface area contributed by atoms with Gasteiger partial charge in [0.15, 0.2) is 0 Å². The average Bonchev–Trinajstić information content (AvgIpc) is 2.90. The van der Waals surface area contributed by atoms with Crippen molar-refractivity contribution in [3.63, 3.8) is 0 Å². The molecule has 3 rings (SSSR count). The second kappa shape index (κ2) is 5.43. The van der Waals surface area contributed by atoms with E-state index in [1.54, 1.807) is 12.1 Å². The molecule has 0 saturated carbocycles. The predicted octanol–water partition coefficient (Wildman–Crippen LogP) is 2.15. The molecule has 2 heterocycles. The molecule has 1 aliphatic heterocycles. The number of benzene rings is 1. The van der Waals surface area contributed by atoms with Crippen molar-refractivity contribution < 1.29 is 18.0 Å². The molecular weight excluding hydrogens is 297 g/mol. The summed E-state index contributed by atoms with van der Waals surface area (Å²) in [7, 11) is 0. The number of halogens is 3. The quantitative estimate of drug-likeness (QED) is 0.799. The molecule has 1 aromatic heterocycles. The fraction of sp³-hybridized carbons (Fsp3) is 0.357. The van der Waals surface area contributed by atoms with Crippen molar-refractivity contribution in [3.8, 4) is 0 Å². The summed E-state index contributed by atoms with van der Waals surface area (Å²) < 4.78 is 39.1. The van der Waals surface area contributed by atoms with Crippen LogP contribution in [0, 0.1) is 0 Å². The number of hydrogen-bond donors (Lipinski definition) is 0. The molecule has 0 aliphatic carbocycles. The molecule has 0 atom stereocenters. The van der Waals surface area contributed by atoms with Crippen molar-refractivity contribution in [2.24, 2.45) is 0 Å². The SMILES string of the molecule is O=C(Cn1nnc2ccccc21)N1CC=C(C(F)(F)F)CC1. The monoisotopic (exact) mass is 310 g/mol. The number of aromatic nitrogens is 3. The van der Waals surface area contributed by atoms with Gasteiger partial charge in [-0.25, -0.2) is 4.68 Å². The Hall–Kier alpha value is -2.38. The lowest BCUT2D eigenvalue weighted by Gasteiger charge is -2.27. The minimum Gasteiger partial charge on any atom is -0.337 e. The van der Waals surface area contributed by atoms with E-state index in [0.717, 1.165) is 11.6 Å². The van der Waals surface area contributed by atoms with Gasteiger partial charge in [0.05, 0.1) is 5.52 Å². The van der Waals surface area contributed by atoms with Crippen LogP contribution in [0.4, 0.5) is 13.2 Å². The molecule has 1 aliphatic rings. The van der Waals surface area contributed by atoms with Crippen molar-refractivity contribution in [2.45, 2.75) is 19.1 Å². The van der Waals surface area contributed by atoms with Crippen molar-refractivity contribution in [2.75, 3.05) is 13.1 Å². The minimum absolute atomic E-state index is 0.0275. The van der Waals surface area contributed by atoms with Gasteiger partial charge in [-0.3, -0.25) is 4.79 Å². The van der Waals surface area contributed by atoms with Crippen LogP contribution in [0.5, 0.6) is 0 Å². The Kier molecular flexibility index (Phi) is 3.59. The van der Waals surface area contributed by atoms with Crippen molar-refractivity contribution in [1.82, 2.24) is 19.9 Å². The van der Waals surface area contributed by atoms with Gasteiger partial charge in [-0.1, -0.05) is 23.4 Å². The third-order valence-electron chi connectivity index (χ3n) is 3.63. The summed E-state index contributed by atoms with van der Waals surface area (Å²) in [6.45, 7) is 0.00676. The number of amides is 1. The Morgan fingerprint density at radius 3 is 2.73 bits per heavy atom. The van der Waals surface area contributed by atoms with Crippen LogP contribution in [0.2, 0.25) is 0 Å². The van der Waals surface area contributed by atoms with Crippen LogP contribution in [0.1, 0.15) is 6.42 Å². The third-order valence-corrected chi connectivity index (χ3v) is 3.63. The molecule has 0 spiro atoms. The van der Waals surface area contributed by atoms with Gasteiger partial charge in [-0.15, -0.1) is 5.10 Å². The summed E-state index contributed by atoms with van der Waals surface area (Å²) in [5.41, 5.74) is 0.829. The van der Waals surface area contributed by atoms with Gasteiger partial charge in [0.2, 0.25) is 5.91 Å². The molecule has 8 heteroatoms. The summed E-state index contributed by atoms with van der Waals surface area (Å²) in [5.74, 6) is -0.270. The summed E-state index contributed by atoms with van der Waals surface area (Å²) in [6.07, 6.45) is -3.41. The smallest absolute Gasteiger partial charge is 0.337 e. The number of alkyl halides is 3. The second-order valence-corrected chi connectivity index (χ2v) is 5.05. The van der Waals surface area contributed by atoms with E-state index in [-0.39, 0.29) is 32.0 Å². The molecular formula is C14H13F3N4O. The molecule has 0 bridgehead atoms. The Balaban J connectivity index is 1.70. The first-order valence-electron chi connectivity index (χ1n) is 6.77. The number of para-hydroxylation sites is 1. The van der Waals surface area contributed by atoms with E-state index >= 15 is 0 Å². The summed E-state index contributed by atoms with van der Waals surface area (Å²) in [4.78, 5) is 13.6. The van der Waals surface area contributed by atoms with E-state index < -0.39 is 11.7 Å². The van der Waals surface area contributed by atoms with Crippen LogP contribution < -0.4 is 0 Å².